The number of ether oxygens (including phenoxy) is 4. The number of aliphatic hydroxyl groups is 7. The van der Waals surface area contributed by atoms with Gasteiger partial charge in [0.15, 0.2) is 12.6 Å². The molecule has 0 aromatic rings. The molecule has 10 N–H and O–H groups in total. The molecular weight excluding hydrogens is 650 g/mol. The Morgan fingerprint density at radius 3 is 2.00 bits per heavy atom. The number of unbranched alkanes of at least 4 members (excludes halogenated alkanes) is 7. The van der Waals surface area contributed by atoms with Gasteiger partial charge in [0.05, 0.1) is 19.8 Å². The molecule has 2 rings (SSSR count). The minimum absolute atomic E-state index is 0.0986. The predicted octanol–water partition coefficient (Wildman–Crippen LogP) is -2.55. The van der Waals surface area contributed by atoms with Crippen molar-refractivity contribution < 1.29 is 69.1 Å². The quantitative estimate of drug-likeness (QED) is 0.0387. The van der Waals surface area contributed by atoms with E-state index in [1.54, 1.807) is 0 Å². The fraction of sp³-hybridized carbons (Fsp3) is 0.844. The molecule has 0 spiro atoms. The summed E-state index contributed by atoms with van der Waals surface area (Å²) in [6, 6.07) is -1.19. The average Bonchev–Trinajstić information content (AvgIpc) is 3.09. The number of carbonyl (C=O) groups excluding carboxylic acids is 3. The summed E-state index contributed by atoms with van der Waals surface area (Å²) in [5, 5.41) is 79.6. The number of aliphatic hydroxyl groups excluding tert-OH is 7. The first-order valence-corrected chi connectivity index (χ1v) is 17.2. The van der Waals surface area contributed by atoms with Crippen LogP contribution in [-0.2, 0) is 33.3 Å². The van der Waals surface area contributed by atoms with Gasteiger partial charge in [-0.3, -0.25) is 14.4 Å². The summed E-state index contributed by atoms with van der Waals surface area (Å²) in [7, 11) is 0. The topological polar surface area (TPSA) is 266 Å². The van der Waals surface area contributed by atoms with Gasteiger partial charge in [-0.25, -0.2) is 0 Å². The van der Waals surface area contributed by atoms with Crippen LogP contribution in [0.5, 0.6) is 0 Å². The van der Waals surface area contributed by atoms with Gasteiger partial charge in [0.1, 0.15) is 54.9 Å². The fourth-order valence-electron chi connectivity index (χ4n) is 5.44. The van der Waals surface area contributed by atoms with Crippen LogP contribution in [0.3, 0.4) is 0 Å². The first kappa shape index (κ1) is 42.9. The molecule has 0 radical (unpaired) electrons. The molecule has 2 saturated heterocycles. The Labute approximate surface area is 286 Å². The van der Waals surface area contributed by atoms with Crippen molar-refractivity contribution in [1.29, 1.82) is 0 Å². The molecule has 11 atom stereocenters. The molecular formula is C32H57N3O14. The molecule has 0 aromatic heterocycles. The molecule has 0 bridgehead atoms. The van der Waals surface area contributed by atoms with E-state index in [1.165, 1.54) is 6.08 Å². The van der Waals surface area contributed by atoms with Gasteiger partial charge >= 0.3 is 0 Å². The van der Waals surface area contributed by atoms with Crippen LogP contribution < -0.4 is 16.0 Å². The van der Waals surface area contributed by atoms with Crippen LogP contribution in [0.2, 0.25) is 0 Å². The van der Waals surface area contributed by atoms with Gasteiger partial charge in [0, 0.05) is 19.5 Å². The minimum atomic E-state index is -1.81. The lowest BCUT2D eigenvalue weighted by molar-refractivity contribution is -0.359. The Hall–Kier alpha value is -2.29. The maximum Gasteiger partial charge on any atom is 0.244 e. The number of rotatable bonds is 23. The van der Waals surface area contributed by atoms with Crippen LogP contribution in [-0.4, -0.2) is 154 Å². The van der Waals surface area contributed by atoms with Gasteiger partial charge < -0.3 is 70.6 Å². The molecule has 2 fully saturated rings. The third-order valence-corrected chi connectivity index (χ3v) is 8.43. The molecule has 0 saturated carbocycles. The van der Waals surface area contributed by atoms with Gasteiger partial charge in [0.25, 0.3) is 0 Å². The van der Waals surface area contributed by atoms with Gasteiger partial charge in [0.2, 0.25) is 17.7 Å². The largest absolute Gasteiger partial charge is 0.394 e. The Kier molecular flexibility index (Phi) is 20.3. The highest BCUT2D eigenvalue weighted by Crippen LogP contribution is 2.29. The van der Waals surface area contributed by atoms with E-state index in [-0.39, 0.29) is 12.3 Å². The second-order valence-electron chi connectivity index (χ2n) is 12.3. The highest BCUT2D eigenvalue weighted by Gasteiger charge is 2.50. The molecule has 17 nitrogen and oxygen atoms in total. The standard InChI is InChI=1S/C32H57N3O14/c1-3-5-6-7-8-11-15-34-30(45)19(35-23(39)13-10-9-12-14-33-22(38)4-2)18-46-31-28(44)26(42)29(21(17-37)48-31)49-32-27(43)25(41)24(40)20(16-36)47-32/h4,19-21,24-29,31-32,36-37,40-44H,2-3,5-18H2,1H3,(H,33,38)(H,34,45)(H,35,39)/t19-,20-,21-,24+,25+,26-,27-,28-,29-,31-,32+/m1/s1. The number of carbonyl (C=O) groups is 3. The predicted molar refractivity (Wildman–Crippen MR) is 172 cm³/mol. The summed E-state index contributed by atoms with van der Waals surface area (Å²) in [6.45, 7) is 4.36. The molecule has 0 aliphatic carbocycles. The summed E-state index contributed by atoms with van der Waals surface area (Å²) in [5.74, 6) is -1.23. The van der Waals surface area contributed by atoms with E-state index in [4.69, 9.17) is 18.9 Å². The SMILES string of the molecule is C=CC(=O)NCCCCCC(=O)N[C@H](CO[C@@H]1O[C@H](CO)[C@@H](O[C@@H]2O[C@H](CO)[C@H](O)[C@H](O)[C@H]2O)[C@H](O)[C@H]1O)C(=O)NCCCCCCCC. The second-order valence-corrected chi connectivity index (χ2v) is 12.3. The van der Waals surface area contributed by atoms with E-state index in [0.29, 0.717) is 32.4 Å². The third kappa shape index (κ3) is 14.1. The van der Waals surface area contributed by atoms with Crippen LogP contribution in [0.25, 0.3) is 0 Å². The van der Waals surface area contributed by atoms with Crippen molar-refractivity contribution in [2.75, 3.05) is 32.9 Å². The molecule has 2 aliphatic rings. The summed E-state index contributed by atoms with van der Waals surface area (Å²) in [6.07, 6.45) is -7.17. The van der Waals surface area contributed by atoms with Crippen molar-refractivity contribution >= 4 is 17.7 Å². The lowest BCUT2D eigenvalue weighted by Crippen LogP contribution is -2.65. The van der Waals surface area contributed by atoms with Crippen LogP contribution in [0.15, 0.2) is 12.7 Å². The summed E-state index contributed by atoms with van der Waals surface area (Å²) in [4.78, 5) is 37.1. The molecule has 49 heavy (non-hydrogen) atoms. The van der Waals surface area contributed by atoms with Gasteiger partial charge in [-0.05, 0) is 25.3 Å². The molecule has 2 heterocycles. The number of amides is 3. The van der Waals surface area contributed by atoms with Crippen molar-refractivity contribution in [3.63, 3.8) is 0 Å². The summed E-state index contributed by atoms with van der Waals surface area (Å²) >= 11 is 0. The first-order valence-electron chi connectivity index (χ1n) is 17.2. The number of nitrogens with one attached hydrogen (secondary N) is 3. The fourth-order valence-corrected chi connectivity index (χ4v) is 5.44. The van der Waals surface area contributed by atoms with Gasteiger partial charge in [-0.2, -0.15) is 0 Å². The maximum absolute atomic E-state index is 13.1. The molecule has 3 amide bonds. The van der Waals surface area contributed by atoms with Crippen LogP contribution in [0, 0.1) is 0 Å². The lowest BCUT2D eigenvalue weighted by Gasteiger charge is -2.46. The molecule has 0 unspecified atom stereocenters. The van der Waals surface area contributed by atoms with Gasteiger partial charge in [-0.15, -0.1) is 0 Å². The Bertz CT molecular complexity index is 989. The van der Waals surface area contributed by atoms with E-state index in [9.17, 15) is 50.1 Å². The highest BCUT2D eigenvalue weighted by atomic mass is 16.7. The maximum atomic E-state index is 13.1. The van der Waals surface area contributed by atoms with Crippen LogP contribution >= 0.6 is 0 Å². The summed E-state index contributed by atoms with van der Waals surface area (Å²) < 4.78 is 22.2. The highest BCUT2D eigenvalue weighted by molar-refractivity contribution is 5.87. The zero-order valence-corrected chi connectivity index (χ0v) is 28.2. The van der Waals surface area contributed by atoms with Crippen molar-refractivity contribution in [1.82, 2.24) is 16.0 Å². The van der Waals surface area contributed by atoms with Crippen LogP contribution in [0.1, 0.15) is 71.1 Å². The molecule has 17 heteroatoms. The van der Waals surface area contributed by atoms with Crippen molar-refractivity contribution in [2.45, 2.75) is 139 Å². The lowest BCUT2D eigenvalue weighted by atomic mass is 9.97. The van der Waals surface area contributed by atoms with E-state index >= 15 is 0 Å². The third-order valence-electron chi connectivity index (χ3n) is 8.43. The normalized spacial score (nSPS) is 30.7. The number of hydrogen-bond acceptors (Lipinski definition) is 14. The van der Waals surface area contributed by atoms with E-state index in [1.807, 2.05) is 0 Å². The second kappa shape index (κ2) is 23.2. The average molecular weight is 708 g/mol. The van der Waals surface area contributed by atoms with E-state index < -0.39 is 99.1 Å². The van der Waals surface area contributed by atoms with Crippen molar-refractivity contribution in [3.8, 4) is 0 Å². The van der Waals surface area contributed by atoms with Crippen LogP contribution in [0.4, 0.5) is 0 Å². The first-order chi connectivity index (χ1) is 23.5. The molecule has 284 valence electrons. The van der Waals surface area contributed by atoms with E-state index in [0.717, 1.165) is 38.5 Å². The minimum Gasteiger partial charge on any atom is -0.394 e. The monoisotopic (exact) mass is 707 g/mol. The Morgan fingerprint density at radius 2 is 1.35 bits per heavy atom. The number of hydrogen-bond donors (Lipinski definition) is 10. The van der Waals surface area contributed by atoms with Crippen molar-refractivity contribution in [3.05, 3.63) is 12.7 Å². The smallest absolute Gasteiger partial charge is 0.244 e. The zero-order valence-electron chi connectivity index (χ0n) is 28.2. The van der Waals surface area contributed by atoms with Crippen molar-refractivity contribution in [2.24, 2.45) is 0 Å². The Morgan fingerprint density at radius 1 is 0.755 bits per heavy atom. The molecule has 2 aliphatic heterocycles. The van der Waals surface area contributed by atoms with E-state index in [2.05, 4.69) is 29.5 Å². The Balaban J connectivity index is 1.99. The summed E-state index contributed by atoms with van der Waals surface area (Å²) in [5.41, 5.74) is 0. The zero-order chi connectivity index (χ0) is 36.3. The van der Waals surface area contributed by atoms with Gasteiger partial charge in [-0.1, -0.05) is 52.0 Å². The molecule has 0 aromatic carbocycles.